The summed E-state index contributed by atoms with van der Waals surface area (Å²) < 4.78 is 5.58. The minimum atomic E-state index is -0.706. The van der Waals surface area contributed by atoms with Gasteiger partial charge in [0.1, 0.15) is 0 Å². The van der Waals surface area contributed by atoms with E-state index in [1.165, 1.54) is 31.5 Å². The second kappa shape index (κ2) is 6.40. The van der Waals surface area contributed by atoms with E-state index in [1.807, 2.05) is 0 Å². The Bertz CT molecular complexity index is 1110. The normalized spacial score (nSPS) is 11.1. The predicted molar refractivity (Wildman–Crippen MR) is 91.5 cm³/mol. The van der Waals surface area contributed by atoms with Crippen LogP contribution in [0.4, 0.5) is 5.69 Å². The van der Waals surface area contributed by atoms with Crippen molar-refractivity contribution in [2.24, 2.45) is 5.10 Å². The maximum atomic E-state index is 12.3. The standard InChI is InChI=1S/C16H12N4O5/c1-25-14-7-6-10(8-13(14)20(23)24)9-17-19-15(21)11-4-2-3-5-12(11)18-16(19)22/h2-9H,1H3,(H,18,22). The van der Waals surface area contributed by atoms with E-state index in [2.05, 4.69) is 10.1 Å². The number of rotatable bonds is 4. The molecule has 0 unspecified atom stereocenters. The molecule has 0 atom stereocenters. The molecule has 1 aromatic heterocycles. The summed E-state index contributed by atoms with van der Waals surface area (Å²) in [5.74, 6) is 0.0999. The predicted octanol–water partition coefficient (Wildman–Crippen LogP) is 1.49. The van der Waals surface area contributed by atoms with Crippen LogP contribution in [0.15, 0.2) is 57.2 Å². The summed E-state index contributed by atoms with van der Waals surface area (Å²) in [6.45, 7) is 0. The zero-order valence-electron chi connectivity index (χ0n) is 13.0. The summed E-state index contributed by atoms with van der Waals surface area (Å²) in [4.78, 5) is 37.4. The van der Waals surface area contributed by atoms with Crippen molar-refractivity contribution < 1.29 is 9.66 Å². The van der Waals surface area contributed by atoms with Crippen LogP contribution in [0.5, 0.6) is 5.75 Å². The van der Waals surface area contributed by atoms with Gasteiger partial charge < -0.3 is 9.72 Å². The monoisotopic (exact) mass is 340 g/mol. The number of nitro groups is 1. The molecule has 25 heavy (non-hydrogen) atoms. The summed E-state index contributed by atoms with van der Waals surface area (Å²) in [6.07, 6.45) is 1.19. The van der Waals surface area contributed by atoms with Crippen LogP contribution in [0.1, 0.15) is 5.56 Å². The molecule has 0 bridgehead atoms. The Hall–Kier alpha value is -3.75. The van der Waals surface area contributed by atoms with E-state index in [1.54, 1.807) is 24.3 Å². The molecule has 1 heterocycles. The van der Waals surface area contributed by atoms with Gasteiger partial charge in [-0.2, -0.15) is 5.10 Å². The summed E-state index contributed by atoms with van der Waals surface area (Å²) in [5, 5.41) is 15.2. The largest absolute Gasteiger partial charge is 0.490 e. The Labute approximate surface area is 140 Å². The molecule has 9 heteroatoms. The van der Waals surface area contributed by atoms with Crippen molar-refractivity contribution in [3.63, 3.8) is 0 Å². The van der Waals surface area contributed by atoms with Crippen LogP contribution in [-0.2, 0) is 0 Å². The summed E-state index contributed by atoms with van der Waals surface area (Å²) in [5.41, 5.74) is -0.788. The molecule has 0 saturated carbocycles. The number of aromatic amines is 1. The Kier molecular flexibility index (Phi) is 4.12. The number of hydrogen-bond donors (Lipinski definition) is 1. The van der Waals surface area contributed by atoms with Gasteiger partial charge in [0, 0.05) is 11.6 Å². The van der Waals surface area contributed by atoms with Crippen LogP contribution >= 0.6 is 0 Å². The van der Waals surface area contributed by atoms with E-state index >= 15 is 0 Å². The first kappa shape index (κ1) is 16.1. The molecule has 0 fully saturated rings. The molecule has 0 spiro atoms. The SMILES string of the molecule is COc1ccc(C=Nn2c(=O)[nH]c3ccccc3c2=O)cc1[N+](=O)[O-]. The van der Waals surface area contributed by atoms with Gasteiger partial charge in [-0.3, -0.25) is 14.9 Å². The molecule has 0 saturated heterocycles. The topological polar surface area (TPSA) is 120 Å². The minimum Gasteiger partial charge on any atom is -0.490 e. The van der Waals surface area contributed by atoms with Gasteiger partial charge in [0.15, 0.2) is 5.75 Å². The first-order valence-corrected chi connectivity index (χ1v) is 7.12. The van der Waals surface area contributed by atoms with Crippen molar-refractivity contribution in [3.8, 4) is 5.75 Å². The first-order valence-electron chi connectivity index (χ1n) is 7.12. The molecule has 0 aliphatic heterocycles. The Morgan fingerprint density at radius 2 is 2.00 bits per heavy atom. The molecule has 3 aromatic rings. The molecule has 1 N–H and O–H groups in total. The third kappa shape index (κ3) is 3.02. The molecule has 2 aromatic carbocycles. The second-order valence-electron chi connectivity index (χ2n) is 5.03. The van der Waals surface area contributed by atoms with Gasteiger partial charge in [0.25, 0.3) is 5.56 Å². The number of aromatic nitrogens is 2. The summed E-state index contributed by atoms with van der Waals surface area (Å²) >= 11 is 0. The van der Waals surface area contributed by atoms with E-state index in [4.69, 9.17) is 4.74 Å². The van der Waals surface area contributed by atoms with Crippen LogP contribution < -0.4 is 16.0 Å². The van der Waals surface area contributed by atoms with Gasteiger partial charge in [0.2, 0.25) is 0 Å². The van der Waals surface area contributed by atoms with Crippen molar-refractivity contribution in [1.29, 1.82) is 0 Å². The number of ether oxygens (including phenoxy) is 1. The third-order valence-electron chi connectivity index (χ3n) is 3.51. The number of benzene rings is 2. The number of methoxy groups -OCH3 is 1. The van der Waals surface area contributed by atoms with E-state index in [0.29, 0.717) is 21.1 Å². The quantitative estimate of drug-likeness (QED) is 0.438. The molecule has 3 rings (SSSR count). The summed E-state index contributed by atoms with van der Waals surface area (Å²) in [7, 11) is 1.32. The van der Waals surface area contributed by atoms with Crippen LogP contribution in [0.3, 0.4) is 0 Å². The highest BCUT2D eigenvalue weighted by molar-refractivity contribution is 5.82. The number of hydrogen-bond acceptors (Lipinski definition) is 6. The maximum absolute atomic E-state index is 12.3. The summed E-state index contributed by atoms with van der Waals surface area (Å²) in [6, 6.07) is 10.7. The lowest BCUT2D eigenvalue weighted by molar-refractivity contribution is -0.385. The van der Waals surface area contributed by atoms with Gasteiger partial charge in [0.05, 0.1) is 29.2 Å². The van der Waals surface area contributed by atoms with Crippen molar-refractivity contribution in [1.82, 2.24) is 9.66 Å². The first-order chi connectivity index (χ1) is 12.0. The molecule has 0 aliphatic carbocycles. The number of fused-ring (bicyclic) bond motifs is 1. The average Bonchev–Trinajstić information content (AvgIpc) is 2.61. The molecule has 0 amide bonds. The highest BCUT2D eigenvalue weighted by atomic mass is 16.6. The minimum absolute atomic E-state index is 0.0999. The zero-order valence-corrected chi connectivity index (χ0v) is 13.0. The van der Waals surface area contributed by atoms with E-state index in [-0.39, 0.29) is 11.4 Å². The molecule has 9 nitrogen and oxygen atoms in total. The van der Waals surface area contributed by atoms with Gasteiger partial charge in [-0.25, -0.2) is 4.79 Å². The molecular weight excluding hydrogens is 328 g/mol. The lowest BCUT2D eigenvalue weighted by Crippen LogP contribution is -2.32. The Balaban J connectivity index is 2.07. The van der Waals surface area contributed by atoms with E-state index in [9.17, 15) is 19.7 Å². The van der Waals surface area contributed by atoms with Crippen molar-refractivity contribution in [3.05, 3.63) is 79.0 Å². The third-order valence-corrected chi connectivity index (χ3v) is 3.51. The van der Waals surface area contributed by atoms with Crippen molar-refractivity contribution in [2.45, 2.75) is 0 Å². The highest BCUT2D eigenvalue weighted by Crippen LogP contribution is 2.26. The molecule has 0 radical (unpaired) electrons. The second-order valence-corrected chi connectivity index (χ2v) is 5.03. The van der Waals surface area contributed by atoms with Gasteiger partial charge in [-0.05, 0) is 24.3 Å². The zero-order chi connectivity index (χ0) is 18.0. The van der Waals surface area contributed by atoms with Gasteiger partial charge in [-0.1, -0.05) is 12.1 Å². The molecule has 126 valence electrons. The fourth-order valence-corrected chi connectivity index (χ4v) is 2.31. The number of nitrogens with one attached hydrogen (secondary N) is 1. The molecule has 0 aliphatic rings. The number of H-pyrrole nitrogens is 1. The number of nitrogens with zero attached hydrogens (tertiary/aromatic N) is 3. The fourth-order valence-electron chi connectivity index (χ4n) is 2.31. The van der Waals surface area contributed by atoms with Crippen molar-refractivity contribution in [2.75, 3.05) is 7.11 Å². The number of nitro benzene ring substituents is 1. The Morgan fingerprint density at radius 3 is 2.72 bits per heavy atom. The lowest BCUT2D eigenvalue weighted by Gasteiger charge is -2.02. The average molecular weight is 340 g/mol. The van der Waals surface area contributed by atoms with E-state index < -0.39 is 16.2 Å². The smallest absolute Gasteiger partial charge is 0.349 e. The van der Waals surface area contributed by atoms with Crippen molar-refractivity contribution >= 4 is 22.8 Å². The van der Waals surface area contributed by atoms with Crippen LogP contribution in [0, 0.1) is 10.1 Å². The lowest BCUT2D eigenvalue weighted by atomic mass is 10.2. The Morgan fingerprint density at radius 1 is 1.24 bits per heavy atom. The van der Waals surface area contributed by atoms with Crippen LogP contribution in [-0.4, -0.2) is 27.9 Å². The van der Waals surface area contributed by atoms with Gasteiger partial charge >= 0.3 is 11.4 Å². The molecular formula is C16H12N4O5. The fraction of sp³-hybridized carbons (Fsp3) is 0.0625. The van der Waals surface area contributed by atoms with E-state index in [0.717, 1.165) is 0 Å². The maximum Gasteiger partial charge on any atom is 0.349 e. The number of para-hydroxylation sites is 1. The van der Waals surface area contributed by atoms with Gasteiger partial charge in [-0.15, -0.1) is 4.68 Å². The highest BCUT2D eigenvalue weighted by Gasteiger charge is 2.14. The van der Waals surface area contributed by atoms with Crippen LogP contribution in [0.2, 0.25) is 0 Å². The van der Waals surface area contributed by atoms with Crippen LogP contribution in [0.25, 0.3) is 10.9 Å².